The van der Waals surface area contributed by atoms with Crippen molar-refractivity contribution in [1.82, 2.24) is 0 Å². The van der Waals surface area contributed by atoms with E-state index >= 15 is 0 Å². The van der Waals surface area contributed by atoms with Crippen molar-refractivity contribution >= 4 is 11.6 Å². The van der Waals surface area contributed by atoms with Crippen molar-refractivity contribution in [3.63, 3.8) is 0 Å². The van der Waals surface area contributed by atoms with E-state index in [1.807, 2.05) is 42.5 Å². The highest BCUT2D eigenvalue weighted by atomic mass is 16.3. The first-order valence-corrected chi connectivity index (χ1v) is 8.75. The lowest BCUT2D eigenvalue weighted by atomic mass is 9.77. The van der Waals surface area contributed by atoms with Crippen LogP contribution in [0.25, 0.3) is 0 Å². The van der Waals surface area contributed by atoms with E-state index in [0.717, 1.165) is 5.56 Å². The van der Waals surface area contributed by atoms with Crippen LogP contribution in [0.15, 0.2) is 96.2 Å². The number of carbonyl (C=O) groups excluding carboxylic acids is 2. The molecule has 3 rings (SSSR count). The molecular weight excluding hydrogens is 338 g/mol. The third kappa shape index (κ3) is 4.23. The van der Waals surface area contributed by atoms with Gasteiger partial charge in [0.15, 0.2) is 11.6 Å². The van der Waals surface area contributed by atoms with E-state index in [0.29, 0.717) is 11.1 Å². The maximum atomic E-state index is 13.3. The van der Waals surface area contributed by atoms with Crippen molar-refractivity contribution in [3.05, 3.63) is 113 Å². The van der Waals surface area contributed by atoms with Gasteiger partial charge >= 0.3 is 0 Å². The minimum absolute atomic E-state index is 0.147. The number of Topliss-reactive ketones (excluding diaryl/α,β-unsaturated/α-hetero) is 2. The van der Waals surface area contributed by atoms with Gasteiger partial charge in [-0.3, -0.25) is 9.59 Å². The molecule has 4 nitrogen and oxygen atoms in total. The molecule has 0 unspecified atom stereocenters. The molecule has 0 aromatic heterocycles. The summed E-state index contributed by atoms with van der Waals surface area (Å²) >= 11 is 0. The normalized spacial score (nSPS) is 11.7. The Morgan fingerprint density at radius 1 is 0.667 bits per heavy atom. The Kier molecular flexibility index (Phi) is 6.00. The Morgan fingerprint density at radius 3 is 1.48 bits per heavy atom. The van der Waals surface area contributed by atoms with E-state index in [4.69, 9.17) is 0 Å². The van der Waals surface area contributed by atoms with E-state index in [2.05, 4.69) is 5.18 Å². The van der Waals surface area contributed by atoms with Crippen LogP contribution in [0.3, 0.4) is 0 Å². The Balaban J connectivity index is 2.09. The fourth-order valence-corrected chi connectivity index (χ4v) is 3.23. The summed E-state index contributed by atoms with van der Waals surface area (Å²) in [6.45, 7) is -0.147. The fraction of sp³-hybridized carbons (Fsp3) is 0.130. The molecule has 0 radical (unpaired) electrons. The molecule has 3 aromatic carbocycles. The summed E-state index contributed by atoms with van der Waals surface area (Å²) in [7, 11) is 0. The number of hydrogen-bond donors (Lipinski definition) is 0. The molecule has 1 atom stereocenters. The van der Waals surface area contributed by atoms with Crippen molar-refractivity contribution in [1.29, 1.82) is 0 Å². The predicted molar refractivity (Wildman–Crippen MR) is 105 cm³/mol. The first-order chi connectivity index (χ1) is 13.2. The van der Waals surface area contributed by atoms with Crippen molar-refractivity contribution in [2.75, 3.05) is 6.54 Å². The Labute approximate surface area is 157 Å². The molecule has 27 heavy (non-hydrogen) atoms. The van der Waals surface area contributed by atoms with Crippen molar-refractivity contribution in [3.8, 4) is 0 Å². The topological polar surface area (TPSA) is 63.6 Å². The largest absolute Gasteiger partial charge is 0.293 e. The van der Waals surface area contributed by atoms with Gasteiger partial charge in [-0.1, -0.05) is 96.2 Å². The van der Waals surface area contributed by atoms with Gasteiger partial charge in [-0.05, 0) is 5.56 Å². The van der Waals surface area contributed by atoms with Gasteiger partial charge in [0.05, 0.1) is 12.5 Å². The van der Waals surface area contributed by atoms with Crippen LogP contribution in [-0.2, 0) is 0 Å². The smallest absolute Gasteiger partial charge is 0.174 e. The van der Waals surface area contributed by atoms with Gasteiger partial charge in [0.1, 0.15) is 0 Å². The van der Waals surface area contributed by atoms with Crippen LogP contribution < -0.4 is 0 Å². The van der Waals surface area contributed by atoms with Crippen LogP contribution in [0.1, 0.15) is 32.2 Å². The third-order valence-electron chi connectivity index (χ3n) is 4.58. The zero-order chi connectivity index (χ0) is 19.1. The molecule has 0 spiro atoms. The molecule has 0 bridgehead atoms. The minimum atomic E-state index is -1.02. The lowest BCUT2D eigenvalue weighted by Crippen LogP contribution is -2.32. The summed E-state index contributed by atoms with van der Waals surface area (Å²) in [6.07, 6.45) is 0. The molecule has 0 N–H and O–H groups in total. The van der Waals surface area contributed by atoms with Crippen LogP contribution in [0.5, 0.6) is 0 Å². The van der Waals surface area contributed by atoms with Crippen molar-refractivity contribution < 1.29 is 9.59 Å². The molecule has 0 fully saturated rings. The number of benzene rings is 3. The molecule has 0 aliphatic heterocycles. The van der Waals surface area contributed by atoms with Crippen LogP contribution in [0, 0.1) is 10.8 Å². The third-order valence-corrected chi connectivity index (χ3v) is 4.58. The number of ketones is 2. The highest BCUT2D eigenvalue weighted by Crippen LogP contribution is 2.31. The van der Waals surface area contributed by atoms with Gasteiger partial charge in [-0.2, -0.15) is 4.91 Å². The summed E-state index contributed by atoms with van der Waals surface area (Å²) < 4.78 is 0. The highest BCUT2D eigenvalue weighted by molar-refractivity contribution is 6.16. The van der Waals surface area contributed by atoms with E-state index in [1.165, 1.54) is 0 Å². The Bertz CT molecular complexity index is 857. The van der Waals surface area contributed by atoms with Crippen LogP contribution in [0.2, 0.25) is 0 Å². The molecule has 0 saturated heterocycles. The lowest BCUT2D eigenvalue weighted by Gasteiger charge is -2.24. The van der Waals surface area contributed by atoms with Gasteiger partial charge < -0.3 is 0 Å². The molecule has 0 heterocycles. The van der Waals surface area contributed by atoms with Crippen molar-refractivity contribution in [2.24, 2.45) is 11.1 Å². The maximum absolute atomic E-state index is 13.3. The second-order valence-electron chi connectivity index (χ2n) is 6.27. The van der Waals surface area contributed by atoms with Gasteiger partial charge in [0.25, 0.3) is 0 Å². The number of carbonyl (C=O) groups is 2. The van der Waals surface area contributed by atoms with Gasteiger partial charge in [-0.25, -0.2) is 0 Å². The van der Waals surface area contributed by atoms with Crippen molar-refractivity contribution in [2.45, 2.75) is 5.92 Å². The molecule has 0 aliphatic rings. The van der Waals surface area contributed by atoms with Gasteiger partial charge in [-0.15, -0.1) is 0 Å². The zero-order valence-electron chi connectivity index (χ0n) is 14.7. The van der Waals surface area contributed by atoms with Crippen LogP contribution in [0.4, 0.5) is 0 Å². The number of nitroso groups, excluding NO2 is 1. The standard InChI is InChI=1S/C23H19NO3/c25-22(18-12-6-2-7-13-18)21(23(26)19-14-8-3-9-15-19)20(16-24-27)17-10-4-1-5-11-17/h1-15,20-21H,16H2/t20-/m1/s1. The van der Waals surface area contributed by atoms with Crippen LogP contribution in [-0.4, -0.2) is 18.1 Å². The second-order valence-corrected chi connectivity index (χ2v) is 6.27. The lowest BCUT2D eigenvalue weighted by molar-refractivity contribution is 0.0784. The molecule has 134 valence electrons. The monoisotopic (exact) mass is 357 g/mol. The summed E-state index contributed by atoms with van der Waals surface area (Å²) in [5.74, 6) is -2.25. The second kappa shape index (κ2) is 8.81. The fourth-order valence-electron chi connectivity index (χ4n) is 3.23. The van der Waals surface area contributed by atoms with Gasteiger partial charge in [0.2, 0.25) is 0 Å². The predicted octanol–water partition coefficient (Wildman–Crippen LogP) is 4.92. The molecule has 0 amide bonds. The summed E-state index contributed by atoms with van der Waals surface area (Å²) in [6, 6.07) is 26.5. The first kappa shape index (κ1) is 18.4. The Morgan fingerprint density at radius 2 is 1.07 bits per heavy atom. The first-order valence-electron chi connectivity index (χ1n) is 8.75. The summed E-state index contributed by atoms with van der Waals surface area (Å²) in [5.41, 5.74) is 1.63. The van der Waals surface area contributed by atoms with Gasteiger partial charge in [0, 0.05) is 17.0 Å². The average molecular weight is 357 g/mol. The molecule has 4 heteroatoms. The highest BCUT2D eigenvalue weighted by Gasteiger charge is 2.36. The molecule has 3 aromatic rings. The Hall–Kier alpha value is -3.40. The number of hydrogen-bond acceptors (Lipinski definition) is 4. The number of rotatable bonds is 8. The minimum Gasteiger partial charge on any atom is -0.293 e. The molecular formula is C23H19NO3. The van der Waals surface area contributed by atoms with E-state index in [1.54, 1.807) is 48.5 Å². The van der Waals surface area contributed by atoms with Crippen LogP contribution >= 0.6 is 0 Å². The van der Waals surface area contributed by atoms with E-state index < -0.39 is 11.8 Å². The van der Waals surface area contributed by atoms with E-state index in [-0.39, 0.29) is 18.1 Å². The summed E-state index contributed by atoms with van der Waals surface area (Å²) in [5, 5.41) is 3.03. The quantitative estimate of drug-likeness (QED) is 0.327. The average Bonchev–Trinajstić information content (AvgIpc) is 2.75. The summed E-state index contributed by atoms with van der Waals surface area (Å²) in [4.78, 5) is 37.7. The number of nitrogens with zero attached hydrogens (tertiary/aromatic N) is 1. The zero-order valence-corrected chi connectivity index (χ0v) is 14.7. The maximum Gasteiger partial charge on any atom is 0.174 e. The molecule has 0 aliphatic carbocycles. The SMILES string of the molecule is O=NC[C@H](c1ccccc1)C(C(=O)c1ccccc1)C(=O)c1ccccc1. The van der Waals surface area contributed by atoms with E-state index in [9.17, 15) is 14.5 Å². The molecule has 0 saturated carbocycles.